The second-order valence-electron chi connectivity index (χ2n) is 6.59. The summed E-state index contributed by atoms with van der Waals surface area (Å²) in [5.74, 6) is 1.79. The van der Waals surface area contributed by atoms with Crippen LogP contribution in [0, 0.1) is 0 Å². The molecule has 3 heterocycles. The lowest BCUT2D eigenvalue weighted by atomic mass is 10.2. The van der Waals surface area contributed by atoms with Gasteiger partial charge in [-0.05, 0) is 30.7 Å². The number of aromatic nitrogens is 2. The summed E-state index contributed by atoms with van der Waals surface area (Å²) >= 11 is 3.32. The minimum absolute atomic E-state index is 0.211. The number of ether oxygens (including phenoxy) is 1. The molecule has 10 heteroatoms. The van der Waals surface area contributed by atoms with Crippen molar-refractivity contribution in [2.45, 2.75) is 6.54 Å². The van der Waals surface area contributed by atoms with Crippen LogP contribution in [0.2, 0.25) is 0 Å². The van der Waals surface area contributed by atoms with Crippen LogP contribution in [-0.2, 0) is 20.9 Å². The van der Waals surface area contributed by atoms with Crippen LogP contribution < -0.4 is 4.90 Å². The van der Waals surface area contributed by atoms with Crippen molar-refractivity contribution in [2.75, 3.05) is 38.3 Å². The number of carbonyl (C=O) groups excluding carboxylic acids is 2. The van der Waals surface area contributed by atoms with Crippen LogP contribution in [0.5, 0.6) is 5.75 Å². The molecule has 31 heavy (non-hydrogen) atoms. The van der Waals surface area contributed by atoms with E-state index in [1.807, 2.05) is 24.6 Å². The van der Waals surface area contributed by atoms with Crippen molar-refractivity contribution in [3.8, 4) is 17.1 Å². The predicted octanol–water partition coefficient (Wildman–Crippen LogP) is 3.54. The zero-order valence-corrected chi connectivity index (χ0v) is 18.6. The Morgan fingerprint density at radius 3 is 2.74 bits per heavy atom. The van der Waals surface area contributed by atoms with E-state index >= 15 is 0 Å². The topological polar surface area (TPSA) is 95.9 Å². The summed E-state index contributed by atoms with van der Waals surface area (Å²) in [4.78, 5) is 29.4. The van der Waals surface area contributed by atoms with E-state index in [0.29, 0.717) is 19.0 Å². The molecule has 0 unspecified atom stereocenters. The van der Waals surface area contributed by atoms with E-state index in [0.717, 1.165) is 41.2 Å². The summed E-state index contributed by atoms with van der Waals surface area (Å²) in [5, 5.41) is 11.7. The van der Waals surface area contributed by atoms with Gasteiger partial charge in [0.2, 0.25) is 0 Å². The molecule has 1 aliphatic heterocycles. The van der Waals surface area contributed by atoms with E-state index < -0.39 is 0 Å². The van der Waals surface area contributed by atoms with Gasteiger partial charge in [-0.3, -0.25) is 0 Å². The van der Waals surface area contributed by atoms with Crippen LogP contribution in [0.3, 0.4) is 0 Å². The molecule has 162 valence electrons. The van der Waals surface area contributed by atoms with Gasteiger partial charge in [-0.25, -0.2) is 14.3 Å². The molecule has 0 aliphatic carbocycles. The third kappa shape index (κ3) is 5.90. The summed E-state index contributed by atoms with van der Waals surface area (Å²) in [6, 6.07) is 9.23. The molecule has 4 rings (SSSR count). The van der Waals surface area contributed by atoms with Crippen LogP contribution in [0.15, 0.2) is 42.3 Å². The Balaban J connectivity index is 0.000000858. The van der Waals surface area contributed by atoms with Crippen molar-refractivity contribution >= 4 is 45.5 Å². The molecule has 0 spiro atoms. The van der Waals surface area contributed by atoms with Gasteiger partial charge in [0.15, 0.2) is 11.6 Å². The van der Waals surface area contributed by atoms with Crippen LogP contribution in [0.1, 0.15) is 4.88 Å². The maximum Gasteiger partial charge on any atom is 0.373 e. The van der Waals surface area contributed by atoms with E-state index in [1.165, 1.54) is 4.88 Å². The number of anilines is 1. The highest BCUT2D eigenvalue weighted by molar-refractivity contribution is 7.99. The number of thiophene rings is 1. The molecular weight excluding hydrogens is 436 g/mol. The number of aromatic hydroxyl groups is 1. The zero-order chi connectivity index (χ0) is 22.2. The number of morpholine rings is 1. The van der Waals surface area contributed by atoms with E-state index in [2.05, 4.69) is 21.9 Å². The first kappa shape index (κ1) is 22.9. The first-order chi connectivity index (χ1) is 15.0. The van der Waals surface area contributed by atoms with E-state index in [1.54, 1.807) is 35.4 Å². The number of phenols is 1. The van der Waals surface area contributed by atoms with Crippen molar-refractivity contribution in [1.29, 1.82) is 0 Å². The molecule has 0 atom stereocenters. The molecule has 1 N–H and O–H groups in total. The number of nitrogens with zero attached hydrogens (tertiary/aromatic N) is 4. The molecular formula is C21H22N4O4S2. The molecule has 0 amide bonds. The second kappa shape index (κ2) is 11.0. The third-order valence-corrected chi connectivity index (χ3v) is 6.20. The van der Waals surface area contributed by atoms with Gasteiger partial charge in [0.25, 0.3) is 0 Å². The third-order valence-electron chi connectivity index (χ3n) is 4.45. The summed E-state index contributed by atoms with van der Waals surface area (Å²) in [7, 11) is 2.05. The largest absolute Gasteiger partial charge is 0.508 e. The van der Waals surface area contributed by atoms with Crippen LogP contribution in [0.4, 0.5) is 5.82 Å². The Hall–Kier alpha value is -2.75. The van der Waals surface area contributed by atoms with Crippen LogP contribution in [-0.4, -0.2) is 58.9 Å². The maximum absolute atomic E-state index is 9.86. The van der Waals surface area contributed by atoms with Crippen LogP contribution in [0.25, 0.3) is 21.6 Å². The fourth-order valence-corrected chi connectivity index (χ4v) is 4.91. The first-order valence-electron chi connectivity index (χ1n) is 9.46. The Morgan fingerprint density at radius 2 is 2.06 bits per heavy atom. The molecule has 1 aromatic carbocycles. The van der Waals surface area contributed by atoms with Crippen molar-refractivity contribution < 1.29 is 19.4 Å². The number of benzene rings is 1. The molecule has 1 aliphatic rings. The lowest BCUT2D eigenvalue weighted by Gasteiger charge is -2.28. The van der Waals surface area contributed by atoms with Gasteiger partial charge in [-0.1, -0.05) is 30.7 Å². The second-order valence-corrected chi connectivity index (χ2v) is 8.89. The van der Waals surface area contributed by atoms with E-state index in [4.69, 9.17) is 24.3 Å². The Kier molecular flexibility index (Phi) is 8.16. The standard InChI is InChI=1S/C20H22N4O2S2.CO2/c1-3-27-23(2)13-16-12-17-18(28-16)20(24-7-9-26-10-8-24)22-19(21-17)14-5-4-6-15(25)11-14;2-1-3/h3-6,11-12,25H,1,7-10,13H2,2H3;. The molecule has 0 bridgehead atoms. The number of hydrogen-bond donors (Lipinski definition) is 1. The highest BCUT2D eigenvalue weighted by Gasteiger charge is 2.20. The van der Waals surface area contributed by atoms with Gasteiger partial charge in [-0.2, -0.15) is 9.59 Å². The van der Waals surface area contributed by atoms with Crippen molar-refractivity contribution in [2.24, 2.45) is 0 Å². The number of phenolic OH excluding ortho intramolecular Hbond substituents is 1. The first-order valence-corrected chi connectivity index (χ1v) is 11.1. The molecule has 1 saturated heterocycles. The van der Waals surface area contributed by atoms with E-state index in [-0.39, 0.29) is 11.9 Å². The zero-order valence-electron chi connectivity index (χ0n) is 17.0. The van der Waals surface area contributed by atoms with Gasteiger partial charge in [0, 0.05) is 30.1 Å². The van der Waals surface area contributed by atoms with E-state index in [9.17, 15) is 5.11 Å². The minimum Gasteiger partial charge on any atom is -0.508 e. The Bertz CT molecular complexity index is 1080. The Labute approximate surface area is 188 Å². The summed E-state index contributed by atoms with van der Waals surface area (Å²) in [6.45, 7) is 7.60. The highest BCUT2D eigenvalue weighted by Crippen LogP contribution is 2.35. The molecule has 3 aromatic rings. The average molecular weight is 459 g/mol. The fourth-order valence-electron chi connectivity index (χ4n) is 3.19. The monoisotopic (exact) mass is 458 g/mol. The lowest BCUT2D eigenvalue weighted by Crippen LogP contribution is -2.36. The fraction of sp³-hybridized carbons (Fsp3) is 0.286. The predicted molar refractivity (Wildman–Crippen MR) is 122 cm³/mol. The highest BCUT2D eigenvalue weighted by atomic mass is 32.2. The van der Waals surface area contributed by atoms with Crippen molar-refractivity contribution in [3.05, 3.63) is 47.2 Å². The quantitative estimate of drug-likeness (QED) is 0.556. The molecule has 0 saturated carbocycles. The SMILES string of the molecule is C=CSN(C)Cc1cc2nc(-c3cccc(O)c3)nc(N3CCOCC3)c2s1.O=C=O. The molecule has 1 fully saturated rings. The molecule has 0 radical (unpaired) electrons. The maximum atomic E-state index is 9.86. The molecule has 2 aromatic heterocycles. The molecule has 8 nitrogen and oxygen atoms in total. The summed E-state index contributed by atoms with van der Waals surface area (Å²) < 4.78 is 8.74. The normalized spacial score (nSPS) is 13.5. The number of fused-ring (bicyclic) bond motifs is 1. The minimum atomic E-state index is 0.211. The van der Waals surface area contributed by atoms with Gasteiger partial charge >= 0.3 is 6.15 Å². The Morgan fingerprint density at radius 1 is 1.32 bits per heavy atom. The van der Waals surface area contributed by atoms with Gasteiger partial charge in [0.05, 0.1) is 23.4 Å². The lowest BCUT2D eigenvalue weighted by molar-refractivity contribution is -0.191. The van der Waals surface area contributed by atoms with Gasteiger partial charge < -0.3 is 14.7 Å². The summed E-state index contributed by atoms with van der Waals surface area (Å²) in [5.41, 5.74) is 1.75. The summed E-state index contributed by atoms with van der Waals surface area (Å²) in [6.07, 6.45) is 0.250. The number of rotatable bonds is 6. The average Bonchev–Trinajstić information content (AvgIpc) is 3.16. The van der Waals surface area contributed by atoms with Gasteiger partial charge in [0.1, 0.15) is 5.75 Å². The van der Waals surface area contributed by atoms with Crippen LogP contribution >= 0.6 is 23.3 Å². The number of hydrogen-bond acceptors (Lipinski definition) is 10. The smallest absolute Gasteiger partial charge is 0.373 e. The van der Waals surface area contributed by atoms with Crippen molar-refractivity contribution in [3.63, 3.8) is 0 Å². The van der Waals surface area contributed by atoms with Crippen molar-refractivity contribution in [1.82, 2.24) is 14.3 Å². The van der Waals surface area contributed by atoms with Gasteiger partial charge in [-0.15, -0.1) is 11.3 Å².